The van der Waals surface area contributed by atoms with Crippen LogP contribution in [0.2, 0.25) is 0 Å². The van der Waals surface area contributed by atoms with Gasteiger partial charge in [0.2, 0.25) is 0 Å². The fraction of sp³-hybridized carbons (Fsp3) is 1.00. The van der Waals surface area contributed by atoms with Crippen LogP contribution in [0.25, 0.3) is 0 Å². The van der Waals surface area contributed by atoms with E-state index < -0.39 is 0 Å². The highest BCUT2D eigenvalue weighted by molar-refractivity contribution is 4.90. The minimum atomic E-state index is 0.649. The first-order valence-corrected chi connectivity index (χ1v) is 8.23. The zero-order valence-corrected chi connectivity index (χ0v) is 12.4. The third-order valence-electron chi connectivity index (χ3n) is 5.34. The zero-order valence-electron chi connectivity index (χ0n) is 12.4. The molecule has 3 atom stereocenters. The van der Waals surface area contributed by atoms with Crippen LogP contribution in [0.15, 0.2) is 0 Å². The molecular weight excluding hydrogens is 220 g/mol. The number of nitrogens with two attached hydrogens (primary N) is 1. The van der Waals surface area contributed by atoms with E-state index in [1.807, 2.05) is 0 Å². The molecule has 1 aliphatic heterocycles. The summed E-state index contributed by atoms with van der Waals surface area (Å²) in [7, 11) is 0. The molecule has 3 unspecified atom stereocenters. The van der Waals surface area contributed by atoms with Gasteiger partial charge in [-0.1, -0.05) is 39.0 Å². The van der Waals surface area contributed by atoms with Gasteiger partial charge in [-0.2, -0.15) is 0 Å². The van der Waals surface area contributed by atoms with Gasteiger partial charge in [0.25, 0.3) is 0 Å². The quantitative estimate of drug-likeness (QED) is 0.811. The number of likely N-dealkylation sites (tertiary alicyclic amines) is 1. The molecule has 0 aromatic rings. The number of nitrogens with zero attached hydrogens (tertiary/aromatic N) is 1. The van der Waals surface area contributed by atoms with Crippen molar-refractivity contribution in [3.63, 3.8) is 0 Å². The maximum Gasteiger partial charge on any atom is 0.0226 e. The second-order valence-electron chi connectivity index (χ2n) is 6.56. The van der Waals surface area contributed by atoms with Crippen molar-refractivity contribution in [2.75, 3.05) is 6.54 Å². The fourth-order valence-corrected chi connectivity index (χ4v) is 4.31. The molecule has 0 aromatic heterocycles. The average Bonchev–Trinajstić information content (AvgIpc) is 2.78. The van der Waals surface area contributed by atoms with Gasteiger partial charge >= 0.3 is 0 Å². The van der Waals surface area contributed by atoms with Gasteiger partial charge in [0, 0.05) is 24.7 Å². The van der Waals surface area contributed by atoms with Crippen LogP contribution in [0, 0.1) is 5.92 Å². The number of hydrogen-bond donors (Lipinski definition) is 1. The molecule has 2 heteroatoms. The summed E-state index contributed by atoms with van der Waals surface area (Å²) in [6, 6.07) is 2.21. The van der Waals surface area contributed by atoms with Crippen LogP contribution in [0.5, 0.6) is 0 Å². The van der Waals surface area contributed by atoms with E-state index in [1.165, 1.54) is 57.8 Å². The average molecular weight is 252 g/mol. The van der Waals surface area contributed by atoms with Crippen LogP contribution in [0.1, 0.15) is 71.6 Å². The second-order valence-corrected chi connectivity index (χ2v) is 6.56. The van der Waals surface area contributed by atoms with Crippen molar-refractivity contribution < 1.29 is 0 Å². The first-order valence-electron chi connectivity index (χ1n) is 8.23. The van der Waals surface area contributed by atoms with Crippen molar-refractivity contribution in [2.45, 2.75) is 89.8 Å². The highest BCUT2D eigenvalue weighted by Gasteiger charge is 2.35. The predicted octanol–water partition coefficient (Wildman–Crippen LogP) is 3.55. The summed E-state index contributed by atoms with van der Waals surface area (Å²) < 4.78 is 0. The molecule has 2 fully saturated rings. The number of hydrogen-bond acceptors (Lipinski definition) is 2. The molecule has 106 valence electrons. The second kappa shape index (κ2) is 6.91. The first kappa shape index (κ1) is 14.3. The van der Waals surface area contributed by atoms with Crippen molar-refractivity contribution in [3.8, 4) is 0 Å². The van der Waals surface area contributed by atoms with E-state index in [1.54, 1.807) is 0 Å². The van der Waals surface area contributed by atoms with Gasteiger partial charge in [0.05, 0.1) is 0 Å². The molecule has 18 heavy (non-hydrogen) atoms. The Morgan fingerprint density at radius 2 is 1.83 bits per heavy atom. The van der Waals surface area contributed by atoms with Crippen LogP contribution < -0.4 is 5.73 Å². The Labute approximate surface area is 113 Å². The lowest BCUT2D eigenvalue weighted by Gasteiger charge is -2.38. The van der Waals surface area contributed by atoms with Gasteiger partial charge in [-0.15, -0.1) is 0 Å². The van der Waals surface area contributed by atoms with Gasteiger partial charge in [-0.25, -0.2) is 0 Å². The minimum absolute atomic E-state index is 0.649. The molecule has 0 amide bonds. The molecule has 1 saturated heterocycles. The molecule has 1 heterocycles. The normalized spacial score (nSPS) is 32.8. The maximum absolute atomic E-state index is 6.11. The van der Waals surface area contributed by atoms with Crippen LogP contribution in [-0.4, -0.2) is 29.6 Å². The molecular formula is C16H32N2. The molecule has 2 rings (SSSR count). The summed E-state index contributed by atoms with van der Waals surface area (Å²) in [4.78, 5) is 2.77. The highest BCUT2D eigenvalue weighted by atomic mass is 15.2. The molecule has 2 aliphatic rings. The van der Waals surface area contributed by atoms with Crippen LogP contribution >= 0.6 is 0 Å². The summed E-state index contributed by atoms with van der Waals surface area (Å²) in [5.41, 5.74) is 6.11. The largest absolute Gasteiger partial charge is 0.329 e. The number of rotatable bonds is 5. The highest BCUT2D eigenvalue weighted by Crippen LogP contribution is 2.33. The van der Waals surface area contributed by atoms with Gasteiger partial charge in [-0.05, 0) is 38.5 Å². The summed E-state index contributed by atoms with van der Waals surface area (Å²) in [6.45, 7) is 5.60. The van der Waals surface area contributed by atoms with Gasteiger partial charge in [-0.3, -0.25) is 4.90 Å². The minimum Gasteiger partial charge on any atom is -0.329 e. The Morgan fingerprint density at radius 1 is 1.11 bits per heavy atom. The third kappa shape index (κ3) is 3.27. The molecule has 0 aromatic carbocycles. The topological polar surface area (TPSA) is 29.3 Å². The van der Waals surface area contributed by atoms with E-state index >= 15 is 0 Å². The van der Waals surface area contributed by atoms with E-state index in [9.17, 15) is 0 Å². The van der Waals surface area contributed by atoms with Crippen molar-refractivity contribution in [2.24, 2.45) is 11.7 Å². The molecule has 1 aliphatic carbocycles. The van der Waals surface area contributed by atoms with Crippen LogP contribution in [-0.2, 0) is 0 Å². The summed E-state index contributed by atoms with van der Waals surface area (Å²) >= 11 is 0. The smallest absolute Gasteiger partial charge is 0.0226 e. The summed E-state index contributed by atoms with van der Waals surface area (Å²) in [5.74, 6) is 0.956. The summed E-state index contributed by atoms with van der Waals surface area (Å²) in [6.07, 6.45) is 12.7. The van der Waals surface area contributed by atoms with Crippen molar-refractivity contribution in [3.05, 3.63) is 0 Å². The molecule has 0 bridgehead atoms. The van der Waals surface area contributed by atoms with Crippen LogP contribution in [0.3, 0.4) is 0 Å². The van der Waals surface area contributed by atoms with E-state index in [2.05, 4.69) is 18.7 Å². The maximum atomic E-state index is 6.11. The molecule has 2 nitrogen and oxygen atoms in total. The van der Waals surface area contributed by atoms with Crippen molar-refractivity contribution >= 4 is 0 Å². The standard InChI is InChI=1S/C16H32N2/c1-3-15-10-9-13(2)18(15)16(12-17)11-14-7-5-4-6-8-14/h13-16H,3-12,17H2,1-2H3. The van der Waals surface area contributed by atoms with E-state index in [-0.39, 0.29) is 0 Å². The Balaban J connectivity index is 1.93. The van der Waals surface area contributed by atoms with E-state index in [0.29, 0.717) is 6.04 Å². The first-order chi connectivity index (χ1) is 8.76. The fourth-order valence-electron chi connectivity index (χ4n) is 4.31. The van der Waals surface area contributed by atoms with Crippen molar-refractivity contribution in [1.82, 2.24) is 4.90 Å². The Hall–Kier alpha value is -0.0800. The molecule has 1 saturated carbocycles. The lowest BCUT2D eigenvalue weighted by molar-refractivity contribution is 0.110. The van der Waals surface area contributed by atoms with E-state index in [0.717, 1.165) is 24.5 Å². The van der Waals surface area contributed by atoms with Crippen molar-refractivity contribution in [1.29, 1.82) is 0 Å². The molecule has 0 radical (unpaired) electrons. The molecule has 2 N–H and O–H groups in total. The van der Waals surface area contributed by atoms with E-state index in [4.69, 9.17) is 5.73 Å². The molecule has 0 spiro atoms. The lowest BCUT2D eigenvalue weighted by atomic mass is 9.84. The lowest BCUT2D eigenvalue weighted by Crippen LogP contribution is -2.47. The Kier molecular flexibility index (Phi) is 5.50. The van der Waals surface area contributed by atoms with Gasteiger partial charge < -0.3 is 5.73 Å². The Bertz CT molecular complexity index is 235. The Morgan fingerprint density at radius 3 is 2.44 bits per heavy atom. The SMILES string of the molecule is CCC1CCC(C)N1C(CN)CC1CCCCC1. The van der Waals surface area contributed by atoms with Crippen LogP contribution in [0.4, 0.5) is 0 Å². The predicted molar refractivity (Wildman–Crippen MR) is 78.6 cm³/mol. The zero-order chi connectivity index (χ0) is 13.0. The monoisotopic (exact) mass is 252 g/mol. The third-order valence-corrected chi connectivity index (χ3v) is 5.34. The summed E-state index contributed by atoms with van der Waals surface area (Å²) in [5, 5.41) is 0. The van der Waals surface area contributed by atoms with Gasteiger partial charge in [0.15, 0.2) is 0 Å². The van der Waals surface area contributed by atoms with Gasteiger partial charge in [0.1, 0.15) is 0 Å².